The van der Waals surface area contributed by atoms with Crippen LogP contribution in [0.25, 0.3) is 0 Å². The predicted octanol–water partition coefficient (Wildman–Crippen LogP) is 0.300. The van der Waals surface area contributed by atoms with Gasteiger partial charge < -0.3 is 5.11 Å². The van der Waals surface area contributed by atoms with Crippen molar-refractivity contribution >= 4 is 9.84 Å². The number of sulfone groups is 1. The Bertz CT molecular complexity index is 397. The monoisotopic (exact) mass is 215 g/mol. The van der Waals surface area contributed by atoms with E-state index in [1.807, 2.05) is 0 Å². The highest BCUT2D eigenvalue weighted by atomic mass is 32.2. The van der Waals surface area contributed by atoms with Gasteiger partial charge >= 0.3 is 0 Å². The zero-order valence-electron chi connectivity index (χ0n) is 8.06. The molecule has 0 aliphatic heterocycles. The maximum Gasteiger partial charge on any atom is 0.175 e. The van der Waals surface area contributed by atoms with Crippen molar-refractivity contribution < 1.29 is 13.5 Å². The van der Waals surface area contributed by atoms with E-state index in [-0.39, 0.29) is 4.90 Å². The maximum atomic E-state index is 11.1. The third kappa shape index (κ3) is 2.54. The van der Waals surface area contributed by atoms with Gasteiger partial charge in [-0.2, -0.15) is 0 Å². The van der Waals surface area contributed by atoms with E-state index in [2.05, 4.69) is 5.32 Å². The van der Waals surface area contributed by atoms with Gasteiger partial charge in [-0.3, -0.25) is 5.32 Å². The predicted molar refractivity (Wildman–Crippen MR) is 53.6 cm³/mol. The Morgan fingerprint density at radius 1 is 1.29 bits per heavy atom. The van der Waals surface area contributed by atoms with Crippen molar-refractivity contribution in [2.45, 2.75) is 11.1 Å². The molecule has 1 unspecified atom stereocenters. The minimum absolute atomic E-state index is 0.254. The summed E-state index contributed by atoms with van der Waals surface area (Å²) in [5, 5.41) is 12.0. The van der Waals surface area contributed by atoms with Crippen LogP contribution in [0.3, 0.4) is 0 Å². The van der Waals surface area contributed by atoms with Gasteiger partial charge in [0.1, 0.15) is 6.23 Å². The first-order valence-electron chi connectivity index (χ1n) is 4.10. The van der Waals surface area contributed by atoms with E-state index in [1.54, 1.807) is 19.2 Å². The fraction of sp³-hybridized carbons (Fsp3) is 0.333. The molecule has 0 bridgehead atoms. The van der Waals surface area contributed by atoms with E-state index < -0.39 is 16.1 Å². The molecule has 1 aromatic carbocycles. The van der Waals surface area contributed by atoms with Crippen molar-refractivity contribution in [2.75, 3.05) is 13.3 Å². The molecule has 0 aliphatic carbocycles. The van der Waals surface area contributed by atoms with Gasteiger partial charge in [-0.05, 0) is 24.7 Å². The lowest BCUT2D eigenvalue weighted by Crippen LogP contribution is -2.15. The van der Waals surface area contributed by atoms with Crippen molar-refractivity contribution in [2.24, 2.45) is 0 Å². The first-order chi connectivity index (χ1) is 6.45. The molecule has 4 nitrogen and oxygen atoms in total. The van der Waals surface area contributed by atoms with Crippen LogP contribution in [-0.4, -0.2) is 26.8 Å². The van der Waals surface area contributed by atoms with Crippen LogP contribution >= 0.6 is 0 Å². The number of rotatable bonds is 3. The van der Waals surface area contributed by atoms with Gasteiger partial charge in [0.05, 0.1) is 4.90 Å². The van der Waals surface area contributed by atoms with Crippen molar-refractivity contribution in [1.29, 1.82) is 0 Å². The molecular weight excluding hydrogens is 202 g/mol. The lowest BCUT2D eigenvalue weighted by molar-refractivity contribution is 0.149. The SMILES string of the molecule is CNC(O)c1ccc(S(C)(=O)=O)cc1. The molecule has 0 radical (unpaired) electrons. The number of hydrogen-bond donors (Lipinski definition) is 2. The van der Waals surface area contributed by atoms with Gasteiger partial charge in [0.15, 0.2) is 9.84 Å². The molecule has 2 N–H and O–H groups in total. The van der Waals surface area contributed by atoms with E-state index in [0.717, 1.165) is 6.26 Å². The molecule has 1 rings (SSSR count). The highest BCUT2D eigenvalue weighted by Crippen LogP contribution is 2.14. The summed E-state index contributed by atoms with van der Waals surface area (Å²) in [5.41, 5.74) is 0.639. The number of nitrogens with one attached hydrogen (secondary N) is 1. The summed E-state index contributed by atoms with van der Waals surface area (Å²) in [4.78, 5) is 0.254. The standard InChI is InChI=1S/C9H13NO3S/c1-10-9(11)7-3-5-8(6-4-7)14(2,12)13/h3-6,9-11H,1-2H3. The second kappa shape index (κ2) is 4.08. The van der Waals surface area contributed by atoms with Crippen LogP contribution in [0.4, 0.5) is 0 Å². The van der Waals surface area contributed by atoms with E-state index >= 15 is 0 Å². The minimum atomic E-state index is -3.15. The normalized spacial score (nSPS) is 13.9. The highest BCUT2D eigenvalue weighted by Gasteiger charge is 2.08. The number of benzene rings is 1. The van der Waals surface area contributed by atoms with Crippen LogP contribution in [0, 0.1) is 0 Å². The topological polar surface area (TPSA) is 66.4 Å². The Kier molecular flexibility index (Phi) is 3.25. The third-order valence-corrected chi connectivity index (χ3v) is 3.03. The largest absolute Gasteiger partial charge is 0.374 e. The zero-order valence-corrected chi connectivity index (χ0v) is 8.88. The van der Waals surface area contributed by atoms with Crippen LogP contribution in [0.5, 0.6) is 0 Å². The summed E-state index contributed by atoms with van der Waals surface area (Å²) >= 11 is 0. The lowest BCUT2D eigenvalue weighted by Gasteiger charge is -2.09. The molecule has 0 heterocycles. The summed E-state index contributed by atoms with van der Waals surface area (Å²) in [6, 6.07) is 6.12. The van der Waals surface area contributed by atoms with Crippen LogP contribution in [0.2, 0.25) is 0 Å². The zero-order chi connectivity index (χ0) is 10.8. The molecule has 78 valence electrons. The van der Waals surface area contributed by atoms with Gasteiger partial charge in [-0.1, -0.05) is 12.1 Å². The van der Waals surface area contributed by atoms with E-state index in [4.69, 9.17) is 0 Å². The maximum absolute atomic E-state index is 11.1. The molecule has 5 heteroatoms. The number of aliphatic hydroxyl groups excluding tert-OH is 1. The average molecular weight is 215 g/mol. The van der Waals surface area contributed by atoms with Gasteiger partial charge in [-0.25, -0.2) is 8.42 Å². The molecule has 0 amide bonds. The molecule has 0 aromatic heterocycles. The fourth-order valence-electron chi connectivity index (χ4n) is 1.06. The second-order valence-corrected chi connectivity index (χ2v) is 5.05. The Morgan fingerprint density at radius 3 is 2.14 bits per heavy atom. The number of aliphatic hydroxyl groups is 1. The first-order valence-corrected chi connectivity index (χ1v) is 5.99. The van der Waals surface area contributed by atoms with Gasteiger partial charge in [0.25, 0.3) is 0 Å². The molecule has 0 aliphatic rings. The van der Waals surface area contributed by atoms with Gasteiger partial charge in [0, 0.05) is 6.26 Å². The van der Waals surface area contributed by atoms with Crippen LogP contribution in [0.15, 0.2) is 29.2 Å². The summed E-state index contributed by atoms with van der Waals surface area (Å²) in [5.74, 6) is 0. The summed E-state index contributed by atoms with van der Waals surface area (Å²) in [6.45, 7) is 0. The fourth-order valence-corrected chi connectivity index (χ4v) is 1.69. The van der Waals surface area contributed by atoms with Crippen LogP contribution in [0.1, 0.15) is 11.8 Å². The van der Waals surface area contributed by atoms with Crippen LogP contribution in [-0.2, 0) is 9.84 Å². The van der Waals surface area contributed by atoms with Crippen molar-refractivity contribution in [1.82, 2.24) is 5.32 Å². The summed E-state index contributed by atoms with van der Waals surface area (Å²) < 4.78 is 22.2. The first kappa shape index (κ1) is 11.2. The second-order valence-electron chi connectivity index (χ2n) is 3.03. The molecule has 0 saturated carbocycles. The highest BCUT2D eigenvalue weighted by molar-refractivity contribution is 7.90. The Balaban J connectivity index is 3.01. The Morgan fingerprint density at radius 2 is 1.79 bits per heavy atom. The molecule has 1 aromatic rings. The van der Waals surface area contributed by atoms with E-state index in [1.165, 1.54) is 12.1 Å². The van der Waals surface area contributed by atoms with Crippen molar-refractivity contribution in [3.05, 3.63) is 29.8 Å². The average Bonchev–Trinajstić information content (AvgIpc) is 2.15. The minimum Gasteiger partial charge on any atom is -0.374 e. The number of hydrogen-bond acceptors (Lipinski definition) is 4. The lowest BCUT2D eigenvalue weighted by atomic mass is 10.2. The summed E-state index contributed by atoms with van der Waals surface area (Å²) in [7, 11) is -1.53. The van der Waals surface area contributed by atoms with Crippen molar-refractivity contribution in [3.63, 3.8) is 0 Å². The molecule has 0 fully saturated rings. The van der Waals surface area contributed by atoms with E-state index in [9.17, 15) is 13.5 Å². The van der Waals surface area contributed by atoms with Gasteiger partial charge in [-0.15, -0.1) is 0 Å². The Labute approximate surface area is 83.5 Å². The molecule has 1 atom stereocenters. The Hall–Kier alpha value is -0.910. The molecular formula is C9H13NO3S. The quantitative estimate of drug-likeness (QED) is 0.712. The van der Waals surface area contributed by atoms with Crippen LogP contribution < -0.4 is 5.32 Å². The van der Waals surface area contributed by atoms with Crippen molar-refractivity contribution in [3.8, 4) is 0 Å². The molecule has 0 saturated heterocycles. The molecule has 14 heavy (non-hydrogen) atoms. The van der Waals surface area contributed by atoms with Gasteiger partial charge in [0.2, 0.25) is 0 Å². The third-order valence-electron chi connectivity index (χ3n) is 1.90. The smallest absolute Gasteiger partial charge is 0.175 e. The summed E-state index contributed by atoms with van der Waals surface area (Å²) in [6.07, 6.45) is 0.389. The molecule has 0 spiro atoms. The van der Waals surface area contributed by atoms with E-state index in [0.29, 0.717) is 5.56 Å².